The number of nitrogens with one attached hydrogen (secondary N) is 2. The first-order valence-corrected chi connectivity index (χ1v) is 8.23. The Bertz CT molecular complexity index is 616. The van der Waals surface area contributed by atoms with Gasteiger partial charge in [0.25, 0.3) is 0 Å². The molecule has 0 fully saturated rings. The van der Waals surface area contributed by atoms with E-state index in [1.165, 1.54) is 14.0 Å². The number of carbonyl (C=O) groups excluding carboxylic acids is 3. The number of carbonyl (C=O) groups is 3. The molecule has 0 aliphatic heterocycles. The van der Waals surface area contributed by atoms with E-state index in [4.69, 9.17) is 10.5 Å². The fraction of sp³-hybridized carbons (Fsp3) is 0.500. The van der Waals surface area contributed by atoms with Crippen LogP contribution in [0.25, 0.3) is 0 Å². The van der Waals surface area contributed by atoms with E-state index < -0.39 is 23.9 Å². The van der Waals surface area contributed by atoms with Gasteiger partial charge in [0, 0.05) is 13.3 Å². The molecule has 3 amide bonds. The molecule has 0 bridgehead atoms. The maximum Gasteiger partial charge on any atom is 0.243 e. The number of ether oxygens (including phenoxy) is 1. The average molecular weight is 349 g/mol. The molecule has 0 aliphatic carbocycles. The third-order valence-corrected chi connectivity index (χ3v) is 3.68. The van der Waals surface area contributed by atoms with Crippen molar-refractivity contribution in [1.29, 1.82) is 0 Å². The summed E-state index contributed by atoms with van der Waals surface area (Å²) in [5, 5.41) is 5.26. The molecule has 0 heterocycles. The zero-order valence-corrected chi connectivity index (χ0v) is 15.2. The van der Waals surface area contributed by atoms with Gasteiger partial charge in [0.1, 0.15) is 17.8 Å². The molecule has 25 heavy (non-hydrogen) atoms. The zero-order chi connectivity index (χ0) is 19.0. The Hall–Kier alpha value is -2.57. The van der Waals surface area contributed by atoms with Gasteiger partial charge in [-0.15, -0.1) is 0 Å². The highest BCUT2D eigenvalue weighted by atomic mass is 16.5. The van der Waals surface area contributed by atoms with Crippen LogP contribution in [0.4, 0.5) is 0 Å². The van der Waals surface area contributed by atoms with Crippen LogP contribution in [0.15, 0.2) is 24.3 Å². The standard InChI is InChI=1S/C18H27N3O4/c1-11(2)9-15(20-12(3)22)18(24)21-14(17(19)23)10-13-7-5-6-8-16(13)25-4/h5-8,11,14-15H,9-10H2,1-4H3,(H2,19,23)(H,20,22)(H,21,24)/t14-,15-/m0/s1. The lowest BCUT2D eigenvalue weighted by Gasteiger charge is -2.23. The normalized spacial score (nSPS) is 13.0. The molecule has 1 aromatic carbocycles. The van der Waals surface area contributed by atoms with E-state index in [2.05, 4.69) is 10.6 Å². The Labute approximate surface area is 148 Å². The summed E-state index contributed by atoms with van der Waals surface area (Å²) in [6.45, 7) is 5.24. The number of benzene rings is 1. The summed E-state index contributed by atoms with van der Waals surface area (Å²) in [6.07, 6.45) is 0.672. The Morgan fingerprint density at radius 1 is 1.12 bits per heavy atom. The van der Waals surface area contributed by atoms with Crippen molar-refractivity contribution < 1.29 is 19.1 Å². The van der Waals surface area contributed by atoms with Gasteiger partial charge in [-0.05, 0) is 24.0 Å². The van der Waals surface area contributed by atoms with Gasteiger partial charge < -0.3 is 21.1 Å². The molecule has 0 saturated heterocycles. The SMILES string of the molecule is COc1ccccc1C[C@H](NC(=O)[C@H](CC(C)C)NC(C)=O)C(N)=O. The van der Waals surface area contributed by atoms with Crippen LogP contribution in [-0.4, -0.2) is 36.9 Å². The lowest BCUT2D eigenvalue weighted by molar-refractivity contribution is -0.131. The van der Waals surface area contributed by atoms with E-state index in [0.717, 1.165) is 5.56 Å². The van der Waals surface area contributed by atoms with Gasteiger partial charge in [0.2, 0.25) is 17.7 Å². The average Bonchev–Trinajstić information content (AvgIpc) is 2.52. The lowest BCUT2D eigenvalue weighted by Crippen LogP contribution is -2.53. The Morgan fingerprint density at radius 3 is 2.28 bits per heavy atom. The molecule has 0 radical (unpaired) electrons. The third kappa shape index (κ3) is 6.82. The van der Waals surface area contributed by atoms with Gasteiger partial charge in [0.15, 0.2) is 0 Å². The molecule has 138 valence electrons. The van der Waals surface area contributed by atoms with Crippen LogP contribution in [0.1, 0.15) is 32.8 Å². The summed E-state index contributed by atoms with van der Waals surface area (Å²) in [7, 11) is 1.53. The summed E-state index contributed by atoms with van der Waals surface area (Å²) < 4.78 is 5.26. The fourth-order valence-corrected chi connectivity index (χ4v) is 2.53. The molecule has 4 N–H and O–H groups in total. The van der Waals surface area contributed by atoms with Crippen molar-refractivity contribution in [3.8, 4) is 5.75 Å². The minimum Gasteiger partial charge on any atom is -0.496 e. The van der Waals surface area contributed by atoms with Gasteiger partial charge in [-0.25, -0.2) is 0 Å². The van der Waals surface area contributed by atoms with Crippen LogP contribution in [0.5, 0.6) is 5.75 Å². The first-order chi connectivity index (χ1) is 11.7. The minimum atomic E-state index is -0.896. The molecule has 0 saturated carbocycles. The Balaban J connectivity index is 2.89. The monoisotopic (exact) mass is 349 g/mol. The van der Waals surface area contributed by atoms with E-state index >= 15 is 0 Å². The number of amides is 3. The van der Waals surface area contributed by atoms with Crippen LogP contribution >= 0.6 is 0 Å². The summed E-state index contributed by atoms with van der Waals surface area (Å²) in [4.78, 5) is 35.6. The first-order valence-electron chi connectivity index (χ1n) is 8.23. The van der Waals surface area contributed by atoms with E-state index in [1.807, 2.05) is 26.0 Å². The van der Waals surface area contributed by atoms with E-state index in [1.54, 1.807) is 12.1 Å². The molecular weight excluding hydrogens is 322 g/mol. The second kappa shape index (κ2) is 9.66. The van der Waals surface area contributed by atoms with Crippen molar-refractivity contribution in [3.63, 3.8) is 0 Å². The highest BCUT2D eigenvalue weighted by Crippen LogP contribution is 2.19. The lowest BCUT2D eigenvalue weighted by atomic mass is 10.0. The molecule has 7 nitrogen and oxygen atoms in total. The van der Waals surface area contributed by atoms with Crippen molar-refractivity contribution in [3.05, 3.63) is 29.8 Å². The maximum atomic E-state index is 12.5. The van der Waals surface area contributed by atoms with Crippen molar-refractivity contribution in [1.82, 2.24) is 10.6 Å². The third-order valence-electron chi connectivity index (χ3n) is 3.68. The number of primary amides is 1. The number of rotatable bonds is 9. The molecule has 1 rings (SSSR count). The van der Waals surface area contributed by atoms with Crippen LogP contribution < -0.4 is 21.1 Å². The largest absolute Gasteiger partial charge is 0.496 e. The molecule has 7 heteroatoms. The van der Waals surface area contributed by atoms with Crippen molar-refractivity contribution in [2.45, 2.75) is 45.7 Å². The Kier molecular flexibility index (Phi) is 7.91. The maximum absolute atomic E-state index is 12.5. The van der Waals surface area contributed by atoms with Gasteiger partial charge in [-0.3, -0.25) is 14.4 Å². The van der Waals surface area contributed by atoms with Gasteiger partial charge in [0.05, 0.1) is 7.11 Å². The summed E-state index contributed by atoms with van der Waals surface area (Å²) in [5.74, 6) is -0.568. The second-order valence-electron chi connectivity index (χ2n) is 6.36. The number of methoxy groups -OCH3 is 1. The second-order valence-corrected chi connectivity index (χ2v) is 6.36. The highest BCUT2D eigenvalue weighted by Gasteiger charge is 2.26. The smallest absolute Gasteiger partial charge is 0.243 e. The van der Waals surface area contributed by atoms with Gasteiger partial charge in [-0.1, -0.05) is 32.0 Å². The van der Waals surface area contributed by atoms with Crippen molar-refractivity contribution >= 4 is 17.7 Å². The number of hydrogen-bond acceptors (Lipinski definition) is 4. The topological polar surface area (TPSA) is 111 Å². The van der Waals surface area contributed by atoms with Crippen molar-refractivity contribution in [2.24, 2.45) is 11.7 Å². The van der Waals surface area contributed by atoms with Crippen LogP contribution in [-0.2, 0) is 20.8 Å². The van der Waals surface area contributed by atoms with E-state index in [-0.39, 0.29) is 18.2 Å². The Morgan fingerprint density at radius 2 is 1.76 bits per heavy atom. The molecule has 2 atom stereocenters. The highest BCUT2D eigenvalue weighted by molar-refractivity contribution is 5.91. The molecule has 0 spiro atoms. The van der Waals surface area contributed by atoms with Gasteiger partial charge in [-0.2, -0.15) is 0 Å². The summed E-state index contributed by atoms with van der Waals surface area (Å²) in [6, 6.07) is 5.60. The predicted molar refractivity (Wildman–Crippen MR) is 94.9 cm³/mol. The fourth-order valence-electron chi connectivity index (χ4n) is 2.53. The predicted octanol–water partition coefficient (Wildman–Crippen LogP) is 0.759. The molecule has 0 aliphatic rings. The molecule has 1 aromatic rings. The van der Waals surface area contributed by atoms with Crippen LogP contribution in [0.2, 0.25) is 0 Å². The number of hydrogen-bond donors (Lipinski definition) is 3. The van der Waals surface area contributed by atoms with E-state index in [9.17, 15) is 14.4 Å². The summed E-state index contributed by atoms with van der Waals surface area (Å²) >= 11 is 0. The van der Waals surface area contributed by atoms with Crippen molar-refractivity contribution in [2.75, 3.05) is 7.11 Å². The summed E-state index contributed by atoms with van der Waals surface area (Å²) in [5.41, 5.74) is 6.20. The molecule has 0 aromatic heterocycles. The molecule has 0 unspecified atom stereocenters. The molecular formula is C18H27N3O4. The number of para-hydroxylation sites is 1. The van der Waals surface area contributed by atoms with Gasteiger partial charge >= 0.3 is 0 Å². The first kappa shape index (κ1) is 20.5. The quantitative estimate of drug-likeness (QED) is 0.611. The minimum absolute atomic E-state index is 0.198. The van der Waals surface area contributed by atoms with Crippen LogP contribution in [0, 0.1) is 5.92 Å². The number of nitrogens with two attached hydrogens (primary N) is 1. The van der Waals surface area contributed by atoms with E-state index in [0.29, 0.717) is 12.2 Å². The zero-order valence-electron chi connectivity index (χ0n) is 15.2. The van der Waals surface area contributed by atoms with Crippen LogP contribution in [0.3, 0.4) is 0 Å².